The molecule has 0 fully saturated rings. The molecule has 20 heavy (non-hydrogen) atoms. The van der Waals surface area contributed by atoms with Crippen molar-refractivity contribution < 1.29 is 0 Å². The van der Waals surface area contributed by atoms with Crippen molar-refractivity contribution in [2.45, 2.75) is 45.1 Å². The van der Waals surface area contributed by atoms with E-state index in [0.717, 1.165) is 6.42 Å². The summed E-state index contributed by atoms with van der Waals surface area (Å²) < 4.78 is 0. The van der Waals surface area contributed by atoms with Crippen LogP contribution in [0.5, 0.6) is 0 Å². The Balaban J connectivity index is 1.89. The lowest BCUT2D eigenvalue weighted by Gasteiger charge is -2.17. The molecule has 3 rings (SSSR count). The maximum atomic E-state index is 6.07. The van der Waals surface area contributed by atoms with Crippen molar-refractivity contribution in [2.75, 3.05) is 0 Å². The van der Waals surface area contributed by atoms with Crippen LogP contribution < -0.4 is 5.73 Å². The maximum Gasteiger partial charge on any atom is 0.0292 e. The molecule has 0 radical (unpaired) electrons. The van der Waals surface area contributed by atoms with Gasteiger partial charge in [-0.2, -0.15) is 0 Å². The highest BCUT2D eigenvalue weighted by atomic mass is 14.6. The van der Waals surface area contributed by atoms with Crippen molar-refractivity contribution in [1.82, 2.24) is 0 Å². The normalized spacial score (nSPS) is 15.7. The van der Waals surface area contributed by atoms with Gasteiger partial charge in [0.2, 0.25) is 0 Å². The van der Waals surface area contributed by atoms with E-state index < -0.39 is 0 Å². The molecule has 2 aromatic rings. The fourth-order valence-electron chi connectivity index (χ4n) is 3.07. The summed E-state index contributed by atoms with van der Waals surface area (Å²) >= 11 is 0. The molecule has 0 heterocycles. The monoisotopic (exact) mass is 265 g/mol. The molecule has 0 aliphatic heterocycles. The number of rotatable bonds is 3. The van der Waals surface area contributed by atoms with E-state index in [2.05, 4.69) is 49.4 Å². The van der Waals surface area contributed by atoms with Crippen molar-refractivity contribution in [1.29, 1.82) is 0 Å². The van der Waals surface area contributed by atoms with Crippen LogP contribution in [0.3, 0.4) is 0 Å². The zero-order valence-electron chi connectivity index (χ0n) is 12.2. The summed E-state index contributed by atoms with van der Waals surface area (Å²) in [7, 11) is 0. The van der Waals surface area contributed by atoms with Gasteiger partial charge in [-0.15, -0.1) is 0 Å². The highest BCUT2D eigenvalue weighted by molar-refractivity contribution is 5.65. The first-order valence-corrected chi connectivity index (χ1v) is 7.75. The second-order valence-corrected chi connectivity index (χ2v) is 5.83. The van der Waals surface area contributed by atoms with Gasteiger partial charge in [-0.3, -0.25) is 0 Å². The van der Waals surface area contributed by atoms with Crippen molar-refractivity contribution >= 4 is 0 Å². The first kappa shape index (κ1) is 13.4. The van der Waals surface area contributed by atoms with Gasteiger partial charge in [0.1, 0.15) is 0 Å². The quantitative estimate of drug-likeness (QED) is 0.859. The van der Waals surface area contributed by atoms with Crippen molar-refractivity contribution in [3.63, 3.8) is 0 Å². The van der Waals surface area contributed by atoms with Crippen LogP contribution in [0.1, 0.15) is 48.9 Å². The molecule has 0 bridgehead atoms. The van der Waals surface area contributed by atoms with Crippen LogP contribution in [0, 0.1) is 0 Å². The largest absolute Gasteiger partial charge is 0.324 e. The van der Waals surface area contributed by atoms with Crippen LogP contribution in [0.2, 0.25) is 0 Å². The Kier molecular flexibility index (Phi) is 3.88. The third-order valence-electron chi connectivity index (χ3n) is 4.46. The Morgan fingerprint density at radius 1 is 0.900 bits per heavy atom. The molecule has 2 N–H and O–H groups in total. The van der Waals surface area contributed by atoms with E-state index in [9.17, 15) is 0 Å². The third kappa shape index (κ3) is 2.64. The molecule has 0 amide bonds. The van der Waals surface area contributed by atoms with Gasteiger partial charge in [-0.25, -0.2) is 0 Å². The topological polar surface area (TPSA) is 26.0 Å². The van der Waals surface area contributed by atoms with E-state index in [1.54, 1.807) is 11.1 Å². The minimum absolute atomic E-state index is 0.160. The Morgan fingerprint density at radius 3 is 2.25 bits per heavy atom. The average molecular weight is 265 g/mol. The molecule has 1 atom stereocenters. The molecule has 1 heteroatoms. The number of benzene rings is 2. The van der Waals surface area contributed by atoms with E-state index in [-0.39, 0.29) is 6.04 Å². The van der Waals surface area contributed by atoms with Gasteiger partial charge in [0, 0.05) is 6.04 Å². The molecule has 1 aliphatic carbocycles. The zero-order chi connectivity index (χ0) is 13.9. The van der Waals surface area contributed by atoms with Crippen LogP contribution in [-0.4, -0.2) is 0 Å². The summed E-state index contributed by atoms with van der Waals surface area (Å²) in [5, 5.41) is 0. The summed E-state index contributed by atoms with van der Waals surface area (Å²) in [6.45, 7) is 2.13. The van der Waals surface area contributed by atoms with E-state index in [4.69, 9.17) is 5.73 Å². The fraction of sp³-hybridized carbons (Fsp3) is 0.368. The molecule has 1 aliphatic rings. The molecule has 104 valence electrons. The van der Waals surface area contributed by atoms with Crippen LogP contribution >= 0.6 is 0 Å². The summed E-state index contributed by atoms with van der Waals surface area (Å²) in [4.78, 5) is 0. The van der Waals surface area contributed by atoms with E-state index >= 15 is 0 Å². The molecular weight excluding hydrogens is 242 g/mol. The number of fused-ring (bicyclic) bond motifs is 1. The van der Waals surface area contributed by atoms with Gasteiger partial charge in [-0.05, 0) is 59.9 Å². The van der Waals surface area contributed by atoms with Crippen molar-refractivity contribution in [2.24, 2.45) is 5.73 Å². The van der Waals surface area contributed by atoms with Crippen LogP contribution in [0.4, 0.5) is 0 Å². The average Bonchev–Trinajstić information content (AvgIpc) is 2.54. The second kappa shape index (κ2) is 5.80. The van der Waals surface area contributed by atoms with Crippen LogP contribution in [0.25, 0.3) is 11.1 Å². The predicted octanol–water partition coefficient (Wildman–Crippen LogP) is 4.64. The molecule has 0 saturated heterocycles. The Bertz CT molecular complexity index is 583. The van der Waals surface area contributed by atoms with Gasteiger partial charge < -0.3 is 5.73 Å². The standard InChI is InChI=1S/C19H23N/c1-2-19(20)16-10-7-15(8-11-16)18-12-9-14-5-3-4-6-17(14)13-18/h7-13,19H,2-6,20H2,1H3. The van der Waals surface area contributed by atoms with Crippen molar-refractivity contribution in [3.8, 4) is 11.1 Å². The zero-order valence-corrected chi connectivity index (χ0v) is 12.2. The lowest BCUT2D eigenvalue weighted by molar-refractivity contribution is 0.686. The molecule has 2 aromatic carbocycles. The maximum absolute atomic E-state index is 6.07. The Morgan fingerprint density at radius 2 is 1.55 bits per heavy atom. The Labute approximate surface area is 121 Å². The van der Waals surface area contributed by atoms with Crippen molar-refractivity contribution in [3.05, 3.63) is 59.2 Å². The SMILES string of the molecule is CCC(N)c1ccc(-c2ccc3c(c2)CCCC3)cc1. The molecular formula is C19H23N. The number of aryl methyl sites for hydroxylation is 2. The summed E-state index contributed by atoms with van der Waals surface area (Å²) in [6, 6.07) is 15.9. The first-order valence-electron chi connectivity index (χ1n) is 7.75. The Hall–Kier alpha value is -1.60. The molecule has 1 nitrogen and oxygen atoms in total. The minimum atomic E-state index is 0.160. The fourth-order valence-corrected chi connectivity index (χ4v) is 3.07. The smallest absolute Gasteiger partial charge is 0.0292 e. The van der Waals surface area contributed by atoms with Gasteiger partial charge in [0.05, 0.1) is 0 Å². The highest BCUT2D eigenvalue weighted by Crippen LogP contribution is 2.28. The van der Waals surface area contributed by atoms with Gasteiger partial charge in [0.25, 0.3) is 0 Å². The van der Waals surface area contributed by atoms with E-state index in [0.29, 0.717) is 0 Å². The number of nitrogens with two attached hydrogens (primary N) is 1. The second-order valence-electron chi connectivity index (χ2n) is 5.83. The molecule has 0 aromatic heterocycles. The lowest BCUT2D eigenvalue weighted by atomic mass is 9.89. The number of hydrogen-bond acceptors (Lipinski definition) is 1. The summed E-state index contributed by atoms with van der Waals surface area (Å²) in [6.07, 6.45) is 6.15. The molecule has 0 spiro atoms. The first-order chi connectivity index (χ1) is 9.78. The van der Waals surface area contributed by atoms with Gasteiger partial charge in [0.15, 0.2) is 0 Å². The highest BCUT2D eigenvalue weighted by Gasteiger charge is 2.10. The number of hydrogen-bond donors (Lipinski definition) is 1. The third-order valence-corrected chi connectivity index (χ3v) is 4.46. The van der Waals surface area contributed by atoms with Gasteiger partial charge in [-0.1, -0.05) is 49.4 Å². The van der Waals surface area contributed by atoms with Crippen LogP contribution in [-0.2, 0) is 12.8 Å². The van der Waals surface area contributed by atoms with E-state index in [1.807, 2.05) is 0 Å². The molecule has 1 unspecified atom stereocenters. The summed E-state index contributed by atoms with van der Waals surface area (Å²) in [5.74, 6) is 0. The van der Waals surface area contributed by atoms with Crippen LogP contribution in [0.15, 0.2) is 42.5 Å². The minimum Gasteiger partial charge on any atom is -0.324 e. The van der Waals surface area contributed by atoms with E-state index in [1.165, 1.54) is 42.4 Å². The summed E-state index contributed by atoms with van der Waals surface area (Å²) in [5.41, 5.74) is 13.0. The predicted molar refractivity (Wildman–Crippen MR) is 85.7 cm³/mol. The lowest BCUT2D eigenvalue weighted by Crippen LogP contribution is -2.08. The van der Waals surface area contributed by atoms with Gasteiger partial charge >= 0.3 is 0 Å². The molecule has 0 saturated carbocycles.